The number of nitrogens with one attached hydrogen (secondary N) is 1. The minimum absolute atomic E-state index is 0.264. The molecule has 4 N–H and O–H groups in total. The second-order valence-corrected chi connectivity index (χ2v) is 4.16. The fourth-order valence-corrected chi connectivity index (χ4v) is 1.33. The molecule has 0 aromatic rings. The van der Waals surface area contributed by atoms with Crippen molar-refractivity contribution >= 4 is 5.84 Å². The standard InChI is InChI=1S/C10H24N4O/c1-9(8-10(11)13-15)12-6-4-5-7-14(2)3/h9,12,15H,4-8H2,1-3H3,(H2,11,13). The van der Waals surface area contributed by atoms with Gasteiger partial charge in [0.05, 0.1) is 0 Å². The summed E-state index contributed by atoms with van der Waals surface area (Å²) in [5.74, 6) is 0.281. The number of rotatable bonds is 8. The lowest BCUT2D eigenvalue weighted by Gasteiger charge is -2.13. The predicted octanol–water partition coefficient (Wildman–Crippen LogP) is 0.443. The van der Waals surface area contributed by atoms with Gasteiger partial charge in [-0.25, -0.2) is 0 Å². The number of oxime groups is 1. The molecule has 0 fully saturated rings. The van der Waals surface area contributed by atoms with Gasteiger partial charge in [0.2, 0.25) is 0 Å². The Kier molecular flexibility index (Phi) is 8.04. The number of hydrogen-bond donors (Lipinski definition) is 3. The molecule has 0 bridgehead atoms. The van der Waals surface area contributed by atoms with Gasteiger partial charge in [-0.2, -0.15) is 0 Å². The highest BCUT2D eigenvalue weighted by Gasteiger charge is 2.03. The molecule has 15 heavy (non-hydrogen) atoms. The van der Waals surface area contributed by atoms with Crippen LogP contribution in [0.3, 0.4) is 0 Å². The molecular formula is C10H24N4O. The second-order valence-electron chi connectivity index (χ2n) is 4.16. The van der Waals surface area contributed by atoms with E-state index in [1.807, 2.05) is 6.92 Å². The van der Waals surface area contributed by atoms with Gasteiger partial charge in [0.25, 0.3) is 0 Å². The molecule has 5 nitrogen and oxygen atoms in total. The molecule has 0 aromatic heterocycles. The molecule has 0 rings (SSSR count). The first-order valence-electron chi connectivity index (χ1n) is 5.40. The summed E-state index contributed by atoms with van der Waals surface area (Å²) in [5, 5.41) is 14.7. The summed E-state index contributed by atoms with van der Waals surface area (Å²) in [7, 11) is 4.16. The van der Waals surface area contributed by atoms with Gasteiger partial charge in [-0.3, -0.25) is 0 Å². The highest BCUT2D eigenvalue weighted by molar-refractivity contribution is 5.80. The van der Waals surface area contributed by atoms with Crippen molar-refractivity contribution in [3.63, 3.8) is 0 Å². The molecule has 0 radical (unpaired) electrons. The average Bonchev–Trinajstić information content (AvgIpc) is 2.16. The Morgan fingerprint density at radius 1 is 1.47 bits per heavy atom. The maximum absolute atomic E-state index is 8.38. The number of nitrogens with two attached hydrogens (primary N) is 1. The highest BCUT2D eigenvalue weighted by atomic mass is 16.4. The van der Waals surface area contributed by atoms with Crippen LogP contribution in [-0.4, -0.2) is 49.2 Å². The van der Waals surface area contributed by atoms with E-state index in [0.29, 0.717) is 6.42 Å². The quantitative estimate of drug-likeness (QED) is 0.181. The third-order valence-corrected chi connectivity index (χ3v) is 2.17. The molecule has 90 valence electrons. The van der Waals surface area contributed by atoms with Crippen LogP contribution in [0.15, 0.2) is 5.16 Å². The predicted molar refractivity (Wildman–Crippen MR) is 63.3 cm³/mol. The molecule has 0 saturated carbocycles. The molecule has 1 unspecified atom stereocenters. The van der Waals surface area contributed by atoms with Crippen LogP contribution in [0.4, 0.5) is 0 Å². The molecule has 0 heterocycles. The Hall–Kier alpha value is -0.810. The van der Waals surface area contributed by atoms with Gasteiger partial charge in [-0.1, -0.05) is 5.16 Å². The van der Waals surface area contributed by atoms with Gasteiger partial charge in [0.1, 0.15) is 5.84 Å². The van der Waals surface area contributed by atoms with Crippen LogP contribution in [0.25, 0.3) is 0 Å². The molecule has 0 amide bonds. The van der Waals surface area contributed by atoms with Crippen LogP contribution in [-0.2, 0) is 0 Å². The minimum Gasteiger partial charge on any atom is -0.409 e. The molecule has 0 aliphatic heterocycles. The van der Waals surface area contributed by atoms with Crippen molar-refractivity contribution in [1.82, 2.24) is 10.2 Å². The third kappa shape index (κ3) is 9.49. The lowest BCUT2D eigenvalue weighted by atomic mass is 10.2. The Balaban J connectivity index is 3.35. The van der Waals surface area contributed by atoms with Crippen molar-refractivity contribution in [1.29, 1.82) is 0 Å². The molecule has 0 aromatic carbocycles. The van der Waals surface area contributed by atoms with E-state index in [0.717, 1.165) is 19.5 Å². The fourth-order valence-electron chi connectivity index (χ4n) is 1.33. The van der Waals surface area contributed by atoms with Crippen molar-refractivity contribution < 1.29 is 5.21 Å². The van der Waals surface area contributed by atoms with Gasteiger partial charge >= 0.3 is 0 Å². The van der Waals surface area contributed by atoms with Gasteiger partial charge in [-0.05, 0) is 47.0 Å². The summed E-state index contributed by atoms with van der Waals surface area (Å²) in [6.07, 6.45) is 2.93. The van der Waals surface area contributed by atoms with Gasteiger partial charge in [0.15, 0.2) is 0 Å². The Morgan fingerprint density at radius 3 is 2.67 bits per heavy atom. The normalized spacial score (nSPS) is 14.5. The minimum atomic E-state index is 0.264. The first-order valence-corrected chi connectivity index (χ1v) is 5.40. The summed E-state index contributed by atoms with van der Waals surface area (Å²) in [5.41, 5.74) is 5.40. The average molecular weight is 216 g/mol. The van der Waals surface area contributed by atoms with Crippen LogP contribution in [0.5, 0.6) is 0 Å². The van der Waals surface area contributed by atoms with Gasteiger partial charge in [0, 0.05) is 12.5 Å². The zero-order chi connectivity index (χ0) is 11.7. The van der Waals surface area contributed by atoms with E-state index in [-0.39, 0.29) is 11.9 Å². The summed E-state index contributed by atoms with van der Waals surface area (Å²) in [6.45, 7) is 4.13. The maximum atomic E-state index is 8.38. The summed E-state index contributed by atoms with van der Waals surface area (Å²) in [4.78, 5) is 2.18. The summed E-state index contributed by atoms with van der Waals surface area (Å²) in [6, 6.07) is 0.264. The van der Waals surface area contributed by atoms with Crippen molar-refractivity contribution in [3.05, 3.63) is 0 Å². The topological polar surface area (TPSA) is 73.9 Å². The summed E-state index contributed by atoms with van der Waals surface area (Å²) >= 11 is 0. The van der Waals surface area contributed by atoms with Crippen molar-refractivity contribution in [2.75, 3.05) is 27.2 Å². The highest BCUT2D eigenvalue weighted by Crippen LogP contribution is 1.93. The third-order valence-electron chi connectivity index (χ3n) is 2.17. The monoisotopic (exact) mass is 216 g/mol. The van der Waals surface area contributed by atoms with Crippen molar-refractivity contribution in [3.8, 4) is 0 Å². The SMILES string of the molecule is CC(CC(N)=NO)NCCCCN(C)C. The zero-order valence-corrected chi connectivity index (χ0v) is 10.0. The van der Waals surface area contributed by atoms with E-state index in [1.165, 1.54) is 6.42 Å². The van der Waals surface area contributed by atoms with Crippen LogP contribution in [0, 0.1) is 0 Å². The van der Waals surface area contributed by atoms with E-state index in [4.69, 9.17) is 10.9 Å². The Morgan fingerprint density at radius 2 is 2.13 bits per heavy atom. The van der Waals surface area contributed by atoms with Crippen LogP contribution >= 0.6 is 0 Å². The van der Waals surface area contributed by atoms with Gasteiger partial charge in [-0.15, -0.1) is 0 Å². The van der Waals surface area contributed by atoms with Crippen molar-refractivity contribution in [2.45, 2.75) is 32.2 Å². The number of nitrogens with zero attached hydrogens (tertiary/aromatic N) is 2. The van der Waals surface area contributed by atoms with Crippen LogP contribution < -0.4 is 11.1 Å². The smallest absolute Gasteiger partial charge is 0.140 e. The first kappa shape index (κ1) is 14.2. The van der Waals surface area contributed by atoms with E-state index in [2.05, 4.69) is 29.5 Å². The number of amidine groups is 1. The fraction of sp³-hybridized carbons (Fsp3) is 0.900. The lowest BCUT2D eigenvalue weighted by Crippen LogP contribution is -2.32. The first-order chi connectivity index (χ1) is 7.06. The Labute approximate surface area is 92.3 Å². The molecule has 1 atom stereocenters. The van der Waals surface area contributed by atoms with E-state index >= 15 is 0 Å². The van der Waals surface area contributed by atoms with Crippen LogP contribution in [0.1, 0.15) is 26.2 Å². The van der Waals surface area contributed by atoms with E-state index in [1.54, 1.807) is 0 Å². The molecular weight excluding hydrogens is 192 g/mol. The second kappa shape index (κ2) is 8.49. The zero-order valence-electron chi connectivity index (χ0n) is 10.0. The van der Waals surface area contributed by atoms with Gasteiger partial charge < -0.3 is 21.2 Å². The molecule has 0 aliphatic carbocycles. The lowest BCUT2D eigenvalue weighted by molar-refractivity contribution is 0.315. The number of unbranched alkanes of at least 4 members (excludes halogenated alkanes) is 1. The van der Waals surface area contributed by atoms with E-state index in [9.17, 15) is 0 Å². The number of hydrogen-bond acceptors (Lipinski definition) is 4. The summed E-state index contributed by atoms with van der Waals surface area (Å²) < 4.78 is 0. The largest absolute Gasteiger partial charge is 0.409 e. The van der Waals surface area contributed by atoms with Crippen LogP contribution in [0.2, 0.25) is 0 Å². The van der Waals surface area contributed by atoms with Crippen molar-refractivity contribution in [2.24, 2.45) is 10.9 Å². The molecule has 5 heteroatoms. The maximum Gasteiger partial charge on any atom is 0.140 e. The Bertz CT molecular complexity index is 182. The van der Waals surface area contributed by atoms with E-state index < -0.39 is 0 Å². The molecule has 0 aliphatic rings. The molecule has 0 saturated heterocycles. The molecule has 0 spiro atoms.